The van der Waals surface area contributed by atoms with Crippen molar-refractivity contribution in [2.24, 2.45) is 0 Å². The summed E-state index contributed by atoms with van der Waals surface area (Å²) in [7, 11) is 0. The maximum Gasteiger partial charge on any atom is 0.375 e. The van der Waals surface area contributed by atoms with Crippen LogP contribution in [0.1, 0.15) is 21.0 Å². The van der Waals surface area contributed by atoms with Gasteiger partial charge < -0.3 is 14.5 Å². The van der Waals surface area contributed by atoms with Gasteiger partial charge in [0.25, 0.3) is 5.91 Å². The minimum atomic E-state index is -0.787. The smallest absolute Gasteiger partial charge is 0.375 e. The number of esters is 1. The highest BCUT2D eigenvalue weighted by Crippen LogP contribution is 2.27. The van der Waals surface area contributed by atoms with E-state index in [0.29, 0.717) is 17.5 Å². The summed E-state index contributed by atoms with van der Waals surface area (Å²) in [6, 6.07) is 8.54. The van der Waals surface area contributed by atoms with Gasteiger partial charge in [0.15, 0.2) is 18.0 Å². The van der Waals surface area contributed by atoms with Crippen molar-refractivity contribution in [1.82, 2.24) is 5.32 Å². The summed E-state index contributed by atoms with van der Waals surface area (Å²) in [5, 5.41) is 5.24. The predicted molar refractivity (Wildman–Crippen MR) is 105 cm³/mol. The SMILES string of the molecule is Cc1c(C(=O)OCC(=O)NCCSCc2cccs2)oc2c(F)cccc12. The molecule has 0 aliphatic rings. The Morgan fingerprint density at radius 1 is 1.30 bits per heavy atom. The third kappa shape index (κ3) is 4.90. The normalized spacial score (nSPS) is 10.9. The number of amides is 1. The Hall–Kier alpha value is -2.32. The molecule has 0 unspecified atom stereocenters. The number of thiophene rings is 1. The Morgan fingerprint density at radius 2 is 2.15 bits per heavy atom. The van der Waals surface area contributed by atoms with Crippen LogP contribution in [-0.4, -0.2) is 30.8 Å². The Balaban J connectivity index is 1.43. The lowest BCUT2D eigenvalue weighted by Gasteiger charge is -2.06. The fourth-order valence-corrected chi connectivity index (χ4v) is 4.18. The fraction of sp³-hybridized carbons (Fsp3) is 0.263. The average Bonchev–Trinajstić information content (AvgIpc) is 3.29. The molecule has 3 rings (SSSR count). The number of hydrogen-bond acceptors (Lipinski definition) is 6. The lowest BCUT2D eigenvalue weighted by Crippen LogP contribution is -2.30. The number of fused-ring (bicyclic) bond motifs is 1. The first-order chi connectivity index (χ1) is 13.1. The third-order valence-corrected chi connectivity index (χ3v) is 5.90. The standard InChI is InChI=1S/C19H18FNO4S2/c1-12-14-5-2-6-15(20)18(14)25-17(12)19(23)24-10-16(22)21-7-9-26-11-13-4-3-8-27-13/h2-6,8H,7,9-11H2,1H3,(H,21,22). The van der Waals surface area contributed by atoms with E-state index in [9.17, 15) is 14.0 Å². The second-order valence-corrected chi connectivity index (χ2v) is 7.87. The summed E-state index contributed by atoms with van der Waals surface area (Å²) in [5.74, 6) is -0.142. The maximum atomic E-state index is 13.7. The molecule has 0 fully saturated rings. The molecule has 27 heavy (non-hydrogen) atoms. The van der Waals surface area contributed by atoms with Crippen LogP contribution in [0.15, 0.2) is 40.1 Å². The van der Waals surface area contributed by atoms with E-state index in [1.165, 1.54) is 10.9 Å². The highest BCUT2D eigenvalue weighted by Gasteiger charge is 2.21. The fourth-order valence-electron chi connectivity index (χ4n) is 2.48. The molecule has 0 bridgehead atoms. The van der Waals surface area contributed by atoms with E-state index in [0.717, 1.165) is 11.5 Å². The number of carbonyl (C=O) groups is 2. The van der Waals surface area contributed by atoms with E-state index in [4.69, 9.17) is 9.15 Å². The largest absolute Gasteiger partial charge is 0.450 e. The van der Waals surface area contributed by atoms with E-state index in [2.05, 4.69) is 11.4 Å². The van der Waals surface area contributed by atoms with Gasteiger partial charge in [0.05, 0.1) is 0 Å². The molecule has 8 heteroatoms. The Bertz CT molecular complexity index is 937. The minimum absolute atomic E-state index is 0.00849. The van der Waals surface area contributed by atoms with Gasteiger partial charge in [-0.2, -0.15) is 11.8 Å². The molecule has 0 aliphatic heterocycles. The van der Waals surface area contributed by atoms with Crippen LogP contribution in [0.5, 0.6) is 0 Å². The van der Waals surface area contributed by atoms with Crippen molar-refractivity contribution in [2.75, 3.05) is 18.9 Å². The lowest BCUT2D eigenvalue weighted by atomic mass is 10.1. The molecule has 0 aliphatic carbocycles. The van der Waals surface area contributed by atoms with Crippen LogP contribution in [-0.2, 0) is 15.3 Å². The first-order valence-corrected chi connectivity index (χ1v) is 10.3. The summed E-state index contributed by atoms with van der Waals surface area (Å²) in [4.78, 5) is 25.2. The number of furan rings is 1. The average molecular weight is 407 g/mol. The molecule has 1 aromatic carbocycles. The highest BCUT2D eigenvalue weighted by atomic mass is 32.2. The van der Waals surface area contributed by atoms with E-state index in [1.54, 1.807) is 42.2 Å². The molecule has 142 valence electrons. The van der Waals surface area contributed by atoms with Crippen LogP contribution >= 0.6 is 23.1 Å². The molecule has 0 radical (unpaired) electrons. The predicted octanol–water partition coefficient (Wildman–Crippen LogP) is 4.15. The zero-order chi connectivity index (χ0) is 19.2. The van der Waals surface area contributed by atoms with Crippen LogP contribution in [0.25, 0.3) is 11.0 Å². The van der Waals surface area contributed by atoms with E-state index in [-0.39, 0.29) is 17.3 Å². The molecule has 1 amide bonds. The summed E-state index contributed by atoms with van der Waals surface area (Å²) < 4.78 is 24.0. The summed E-state index contributed by atoms with van der Waals surface area (Å²) >= 11 is 3.42. The molecule has 0 atom stereocenters. The van der Waals surface area contributed by atoms with Gasteiger partial charge in [-0.15, -0.1) is 11.3 Å². The highest BCUT2D eigenvalue weighted by molar-refractivity contribution is 7.98. The Kier molecular flexibility index (Phi) is 6.52. The van der Waals surface area contributed by atoms with Crippen molar-refractivity contribution < 1.29 is 23.1 Å². The number of ether oxygens (including phenoxy) is 1. The van der Waals surface area contributed by atoms with Gasteiger partial charge in [-0.05, 0) is 24.4 Å². The van der Waals surface area contributed by atoms with Crippen molar-refractivity contribution in [1.29, 1.82) is 0 Å². The zero-order valence-electron chi connectivity index (χ0n) is 14.6. The third-order valence-electron chi connectivity index (χ3n) is 3.83. The summed E-state index contributed by atoms with van der Waals surface area (Å²) in [6.45, 7) is 1.72. The second-order valence-electron chi connectivity index (χ2n) is 5.73. The molecule has 0 saturated heterocycles. The van der Waals surface area contributed by atoms with Crippen molar-refractivity contribution >= 4 is 45.9 Å². The Morgan fingerprint density at radius 3 is 2.89 bits per heavy atom. The number of benzene rings is 1. The molecular formula is C19H18FNO4S2. The van der Waals surface area contributed by atoms with E-state index >= 15 is 0 Å². The monoisotopic (exact) mass is 407 g/mol. The number of para-hydroxylation sites is 1. The van der Waals surface area contributed by atoms with E-state index < -0.39 is 18.4 Å². The van der Waals surface area contributed by atoms with Crippen LogP contribution in [0.3, 0.4) is 0 Å². The molecule has 1 N–H and O–H groups in total. The summed E-state index contributed by atoms with van der Waals surface area (Å²) in [6.07, 6.45) is 0. The minimum Gasteiger partial charge on any atom is -0.450 e. The quantitative estimate of drug-likeness (QED) is 0.449. The molecule has 2 aromatic heterocycles. The van der Waals surface area contributed by atoms with Crippen molar-refractivity contribution in [2.45, 2.75) is 12.7 Å². The topological polar surface area (TPSA) is 68.5 Å². The van der Waals surface area contributed by atoms with Crippen molar-refractivity contribution in [3.05, 3.63) is 57.7 Å². The number of nitrogens with one attached hydrogen (secondary N) is 1. The summed E-state index contributed by atoms with van der Waals surface area (Å²) in [5.41, 5.74) is 0.494. The van der Waals surface area contributed by atoms with Gasteiger partial charge in [0.2, 0.25) is 5.76 Å². The molecular weight excluding hydrogens is 389 g/mol. The molecule has 0 saturated carbocycles. The Labute approximate surface area is 163 Å². The van der Waals surface area contributed by atoms with Crippen LogP contribution in [0.4, 0.5) is 4.39 Å². The second kappa shape index (κ2) is 9.05. The van der Waals surface area contributed by atoms with Gasteiger partial charge in [-0.25, -0.2) is 9.18 Å². The zero-order valence-corrected chi connectivity index (χ0v) is 16.3. The number of halogens is 1. The number of rotatable bonds is 8. The van der Waals surface area contributed by atoms with Crippen molar-refractivity contribution in [3.8, 4) is 0 Å². The number of carbonyl (C=O) groups excluding carboxylic acids is 2. The maximum absolute atomic E-state index is 13.7. The van der Waals surface area contributed by atoms with Gasteiger partial charge in [-0.3, -0.25) is 4.79 Å². The molecule has 0 spiro atoms. The number of hydrogen-bond donors (Lipinski definition) is 1. The molecule has 5 nitrogen and oxygen atoms in total. The first-order valence-electron chi connectivity index (χ1n) is 8.28. The van der Waals surface area contributed by atoms with Crippen LogP contribution in [0, 0.1) is 12.7 Å². The lowest BCUT2D eigenvalue weighted by molar-refractivity contribution is -0.124. The first kappa shape index (κ1) is 19.4. The van der Waals surface area contributed by atoms with Gasteiger partial charge in [0, 0.05) is 33.9 Å². The van der Waals surface area contributed by atoms with Crippen molar-refractivity contribution in [3.63, 3.8) is 0 Å². The van der Waals surface area contributed by atoms with Crippen LogP contribution in [0.2, 0.25) is 0 Å². The van der Waals surface area contributed by atoms with Gasteiger partial charge in [-0.1, -0.05) is 18.2 Å². The number of thioether (sulfide) groups is 1. The van der Waals surface area contributed by atoms with Gasteiger partial charge in [0.1, 0.15) is 0 Å². The van der Waals surface area contributed by atoms with E-state index in [1.807, 2.05) is 11.4 Å². The van der Waals surface area contributed by atoms with Gasteiger partial charge >= 0.3 is 5.97 Å². The molecule has 3 aromatic rings. The van der Waals surface area contributed by atoms with Crippen LogP contribution < -0.4 is 5.32 Å². The molecule has 2 heterocycles. The number of aryl methyl sites for hydroxylation is 1.